The maximum atomic E-state index is 12.3. The Morgan fingerprint density at radius 3 is 2.64 bits per heavy atom. The minimum Gasteiger partial charge on any atom is -0.493 e. The Morgan fingerprint density at radius 2 is 1.88 bits per heavy atom. The van der Waals surface area contributed by atoms with E-state index in [-0.39, 0.29) is 24.7 Å². The lowest BCUT2D eigenvalue weighted by atomic mass is 10.0. The van der Waals surface area contributed by atoms with Crippen molar-refractivity contribution in [2.24, 2.45) is 0 Å². The minimum atomic E-state index is -0.0501. The topological polar surface area (TPSA) is 59.6 Å². The third kappa shape index (κ3) is 4.65. The van der Waals surface area contributed by atoms with E-state index in [9.17, 15) is 4.79 Å². The third-order valence-corrected chi connectivity index (χ3v) is 4.19. The number of nitrogens with one attached hydrogen (secondary N) is 2. The number of rotatable bonds is 5. The molecule has 0 saturated carbocycles. The summed E-state index contributed by atoms with van der Waals surface area (Å²) in [7, 11) is 3.18. The number of amides is 1. The van der Waals surface area contributed by atoms with Gasteiger partial charge >= 0.3 is 0 Å². The first kappa shape index (κ1) is 19.1. The summed E-state index contributed by atoms with van der Waals surface area (Å²) >= 11 is 0. The highest BCUT2D eigenvalue weighted by molar-refractivity contribution is 5.92. The summed E-state index contributed by atoms with van der Waals surface area (Å²) in [5, 5.41) is 6.31. The highest BCUT2D eigenvalue weighted by atomic mass is 35.5. The van der Waals surface area contributed by atoms with Gasteiger partial charge in [-0.25, -0.2) is 0 Å². The molecule has 3 rings (SSSR count). The van der Waals surface area contributed by atoms with Gasteiger partial charge in [0.05, 0.1) is 20.6 Å². The largest absolute Gasteiger partial charge is 0.493 e. The SMILES string of the molecule is COc1ccc(CC(=O)Nc2ccc3c(c2)CNCC3)cc1OC.Cl. The molecule has 0 aliphatic carbocycles. The van der Waals surface area contributed by atoms with Crippen LogP contribution in [0.2, 0.25) is 0 Å². The summed E-state index contributed by atoms with van der Waals surface area (Å²) in [5.74, 6) is 1.23. The molecule has 0 aromatic heterocycles. The van der Waals surface area contributed by atoms with Crippen molar-refractivity contribution in [3.05, 3.63) is 53.1 Å². The number of methoxy groups -OCH3 is 2. The van der Waals surface area contributed by atoms with Crippen LogP contribution in [-0.2, 0) is 24.2 Å². The summed E-state index contributed by atoms with van der Waals surface area (Å²) in [4.78, 5) is 12.3. The maximum absolute atomic E-state index is 12.3. The molecular formula is C19H23ClN2O3. The standard InChI is InChI=1S/C19H22N2O3.ClH/c1-23-17-6-3-13(9-18(17)24-2)10-19(22)21-16-5-4-14-7-8-20-12-15(14)11-16;/h3-6,9,11,20H,7-8,10,12H2,1-2H3,(H,21,22);1H. The summed E-state index contributed by atoms with van der Waals surface area (Å²) in [6, 6.07) is 11.6. The second-order valence-electron chi connectivity index (χ2n) is 5.82. The van der Waals surface area contributed by atoms with Crippen LogP contribution in [0.5, 0.6) is 11.5 Å². The number of benzene rings is 2. The van der Waals surface area contributed by atoms with Gasteiger partial charge in [-0.15, -0.1) is 12.4 Å². The highest BCUT2D eigenvalue weighted by Gasteiger charge is 2.11. The Kier molecular flexibility index (Phi) is 6.67. The van der Waals surface area contributed by atoms with E-state index in [1.165, 1.54) is 11.1 Å². The van der Waals surface area contributed by atoms with Gasteiger partial charge in [-0.3, -0.25) is 4.79 Å². The molecule has 2 aromatic rings. The number of carbonyl (C=O) groups is 1. The van der Waals surface area contributed by atoms with Gasteiger partial charge in [0, 0.05) is 12.2 Å². The number of hydrogen-bond acceptors (Lipinski definition) is 4. The molecule has 0 bridgehead atoms. The van der Waals surface area contributed by atoms with Crippen LogP contribution in [0.15, 0.2) is 36.4 Å². The Bertz CT molecular complexity index is 706. The molecule has 0 unspecified atom stereocenters. The van der Waals surface area contributed by atoms with Crippen LogP contribution in [0.25, 0.3) is 0 Å². The summed E-state index contributed by atoms with van der Waals surface area (Å²) < 4.78 is 10.5. The van der Waals surface area contributed by atoms with Crippen molar-refractivity contribution in [1.29, 1.82) is 0 Å². The molecule has 1 heterocycles. The molecule has 1 aliphatic heterocycles. The molecule has 0 saturated heterocycles. The fraction of sp³-hybridized carbons (Fsp3) is 0.316. The lowest BCUT2D eigenvalue weighted by molar-refractivity contribution is -0.115. The van der Waals surface area contributed by atoms with Crippen LogP contribution in [0, 0.1) is 0 Å². The van der Waals surface area contributed by atoms with Crippen LogP contribution in [0.1, 0.15) is 16.7 Å². The molecule has 0 atom stereocenters. The quantitative estimate of drug-likeness (QED) is 0.858. The van der Waals surface area contributed by atoms with Gasteiger partial charge in [0.2, 0.25) is 5.91 Å². The van der Waals surface area contributed by atoms with Gasteiger partial charge < -0.3 is 20.1 Å². The van der Waals surface area contributed by atoms with Gasteiger partial charge in [-0.2, -0.15) is 0 Å². The molecule has 1 aliphatic rings. The number of carbonyl (C=O) groups excluding carboxylic acids is 1. The Morgan fingerprint density at radius 1 is 1.08 bits per heavy atom. The molecule has 0 fully saturated rings. The Hall–Kier alpha value is -2.24. The number of halogens is 1. The molecule has 0 radical (unpaired) electrons. The predicted molar refractivity (Wildman–Crippen MR) is 101 cm³/mol. The molecule has 1 amide bonds. The van der Waals surface area contributed by atoms with Crippen molar-refractivity contribution in [2.45, 2.75) is 19.4 Å². The number of ether oxygens (including phenoxy) is 2. The first-order valence-corrected chi connectivity index (χ1v) is 8.03. The van der Waals surface area contributed by atoms with Crippen molar-refractivity contribution in [2.75, 3.05) is 26.1 Å². The van der Waals surface area contributed by atoms with Gasteiger partial charge in [-0.05, 0) is 53.9 Å². The second kappa shape index (κ2) is 8.74. The van der Waals surface area contributed by atoms with Gasteiger partial charge in [-0.1, -0.05) is 12.1 Å². The molecule has 25 heavy (non-hydrogen) atoms. The third-order valence-electron chi connectivity index (χ3n) is 4.19. The van der Waals surface area contributed by atoms with E-state index in [0.717, 1.165) is 30.8 Å². The lowest BCUT2D eigenvalue weighted by Gasteiger charge is -2.18. The second-order valence-corrected chi connectivity index (χ2v) is 5.82. The fourth-order valence-corrected chi connectivity index (χ4v) is 2.94. The van der Waals surface area contributed by atoms with E-state index >= 15 is 0 Å². The van der Waals surface area contributed by atoms with Gasteiger partial charge in [0.1, 0.15) is 0 Å². The van der Waals surface area contributed by atoms with Crippen LogP contribution >= 0.6 is 12.4 Å². The van der Waals surface area contributed by atoms with Crippen molar-refractivity contribution in [3.8, 4) is 11.5 Å². The average Bonchev–Trinajstić information content (AvgIpc) is 2.61. The van der Waals surface area contributed by atoms with E-state index < -0.39 is 0 Å². The van der Waals surface area contributed by atoms with Gasteiger partial charge in [0.15, 0.2) is 11.5 Å². The first-order chi connectivity index (χ1) is 11.7. The average molecular weight is 363 g/mol. The maximum Gasteiger partial charge on any atom is 0.228 e. The van der Waals surface area contributed by atoms with Crippen molar-refractivity contribution in [1.82, 2.24) is 5.32 Å². The number of fused-ring (bicyclic) bond motifs is 1. The minimum absolute atomic E-state index is 0. The van der Waals surface area contributed by atoms with Crippen LogP contribution in [-0.4, -0.2) is 26.7 Å². The monoisotopic (exact) mass is 362 g/mol. The Labute approximate surface area is 154 Å². The van der Waals surface area contributed by atoms with Crippen molar-refractivity contribution >= 4 is 24.0 Å². The molecule has 134 valence electrons. The van der Waals surface area contributed by atoms with Crippen LogP contribution < -0.4 is 20.1 Å². The molecule has 6 heteroatoms. The molecule has 0 spiro atoms. The zero-order valence-electron chi connectivity index (χ0n) is 14.4. The summed E-state index contributed by atoms with van der Waals surface area (Å²) in [5.41, 5.74) is 4.32. The first-order valence-electron chi connectivity index (χ1n) is 8.03. The zero-order chi connectivity index (χ0) is 16.9. The van der Waals surface area contributed by atoms with E-state index in [4.69, 9.17) is 9.47 Å². The normalized spacial score (nSPS) is 12.6. The smallest absolute Gasteiger partial charge is 0.228 e. The molecule has 5 nitrogen and oxygen atoms in total. The van der Waals surface area contributed by atoms with E-state index in [1.807, 2.05) is 30.3 Å². The summed E-state index contributed by atoms with van der Waals surface area (Å²) in [6.45, 7) is 1.87. The van der Waals surface area contributed by atoms with E-state index in [2.05, 4.69) is 16.7 Å². The van der Waals surface area contributed by atoms with E-state index in [1.54, 1.807) is 14.2 Å². The van der Waals surface area contributed by atoms with Gasteiger partial charge in [0.25, 0.3) is 0 Å². The molecule has 2 N–H and O–H groups in total. The molecular weight excluding hydrogens is 340 g/mol. The summed E-state index contributed by atoms with van der Waals surface area (Å²) in [6.07, 6.45) is 1.32. The van der Waals surface area contributed by atoms with Crippen LogP contribution in [0.3, 0.4) is 0 Å². The highest BCUT2D eigenvalue weighted by Crippen LogP contribution is 2.28. The number of anilines is 1. The zero-order valence-corrected chi connectivity index (χ0v) is 15.2. The van der Waals surface area contributed by atoms with E-state index in [0.29, 0.717) is 11.5 Å². The Balaban J connectivity index is 0.00000225. The predicted octanol–water partition coefficient (Wildman–Crippen LogP) is 2.95. The fourth-order valence-electron chi connectivity index (χ4n) is 2.94. The van der Waals surface area contributed by atoms with Crippen molar-refractivity contribution < 1.29 is 14.3 Å². The number of hydrogen-bond donors (Lipinski definition) is 2. The van der Waals surface area contributed by atoms with Crippen LogP contribution in [0.4, 0.5) is 5.69 Å². The molecule has 2 aromatic carbocycles. The van der Waals surface area contributed by atoms with Crippen molar-refractivity contribution in [3.63, 3.8) is 0 Å². The lowest BCUT2D eigenvalue weighted by Crippen LogP contribution is -2.24.